The van der Waals surface area contributed by atoms with E-state index in [0.717, 1.165) is 0 Å². The molecule has 0 bridgehead atoms. The third-order valence-corrected chi connectivity index (χ3v) is 5.16. The van der Waals surface area contributed by atoms with Crippen molar-refractivity contribution in [1.29, 1.82) is 0 Å². The van der Waals surface area contributed by atoms with Crippen molar-refractivity contribution in [1.82, 2.24) is 0 Å². The summed E-state index contributed by atoms with van der Waals surface area (Å²) in [6.45, 7) is 0. The lowest BCUT2D eigenvalue weighted by atomic mass is 10.2. The summed E-state index contributed by atoms with van der Waals surface area (Å²) >= 11 is 0. The van der Waals surface area contributed by atoms with Crippen LogP contribution >= 0.6 is 7.60 Å². The molecule has 0 radical (unpaired) electrons. The van der Waals surface area contributed by atoms with Crippen molar-refractivity contribution >= 4 is 13.1 Å². The van der Waals surface area contributed by atoms with E-state index in [0.29, 0.717) is 5.75 Å². The lowest BCUT2D eigenvalue weighted by molar-refractivity contribution is 0.104. The van der Waals surface area contributed by atoms with Crippen molar-refractivity contribution in [3.8, 4) is 17.2 Å². The Morgan fingerprint density at radius 1 is 0.731 bits per heavy atom. The van der Waals surface area contributed by atoms with Crippen LogP contribution in [0.4, 0.5) is 0 Å². The molecule has 6 heteroatoms. The zero-order chi connectivity index (χ0) is 18.4. The molecule has 0 N–H and O–H groups in total. The number of hydrogen-bond acceptors (Lipinski definition) is 5. The zero-order valence-corrected chi connectivity index (χ0v) is 15.0. The minimum atomic E-state index is -4.24. The maximum Gasteiger partial charge on any atom is 0.503 e. The van der Waals surface area contributed by atoms with Crippen molar-refractivity contribution in [2.45, 2.75) is 0 Å². The molecule has 0 aromatic heterocycles. The average Bonchev–Trinajstić information content (AvgIpc) is 2.69. The lowest BCUT2D eigenvalue weighted by Crippen LogP contribution is -2.13. The number of carbonyl (C=O) groups is 1. The minimum absolute atomic E-state index is 0.130. The van der Waals surface area contributed by atoms with Gasteiger partial charge in [-0.1, -0.05) is 48.5 Å². The first-order valence-corrected chi connectivity index (χ1v) is 9.44. The van der Waals surface area contributed by atoms with Gasteiger partial charge in [0.05, 0.1) is 12.7 Å². The van der Waals surface area contributed by atoms with E-state index >= 15 is 0 Å². The van der Waals surface area contributed by atoms with Crippen LogP contribution in [0.5, 0.6) is 17.2 Å². The Hall–Kier alpha value is -3.04. The molecule has 26 heavy (non-hydrogen) atoms. The van der Waals surface area contributed by atoms with Crippen LogP contribution in [0.15, 0.2) is 84.9 Å². The van der Waals surface area contributed by atoms with Gasteiger partial charge < -0.3 is 13.8 Å². The molecular weight excluding hydrogens is 351 g/mol. The van der Waals surface area contributed by atoms with E-state index in [-0.39, 0.29) is 17.1 Å². The van der Waals surface area contributed by atoms with Crippen molar-refractivity contribution < 1.29 is 23.1 Å². The smallest absolute Gasteiger partial charge is 0.496 e. The summed E-state index contributed by atoms with van der Waals surface area (Å²) < 4.78 is 29.8. The SMILES string of the molecule is COc1ccccc1C(=O)P(=O)(Oc1ccccc1)Oc1ccccc1. The van der Waals surface area contributed by atoms with Crippen LogP contribution in [0.3, 0.4) is 0 Å². The monoisotopic (exact) mass is 368 g/mol. The van der Waals surface area contributed by atoms with Crippen LogP contribution in [-0.2, 0) is 4.57 Å². The quantitative estimate of drug-likeness (QED) is 0.537. The van der Waals surface area contributed by atoms with E-state index < -0.39 is 13.1 Å². The van der Waals surface area contributed by atoms with E-state index in [1.807, 2.05) is 0 Å². The van der Waals surface area contributed by atoms with Gasteiger partial charge in [0, 0.05) is 0 Å². The van der Waals surface area contributed by atoms with Gasteiger partial charge in [-0.2, -0.15) is 0 Å². The first-order chi connectivity index (χ1) is 12.6. The third-order valence-electron chi connectivity index (χ3n) is 3.52. The Kier molecular flexibility index (Phi) is 5.40. The Balaban J connectivity index is 2.02. The molecule has 0 spiro atoms. The molecule has 0 atom stereocenters. The molecule has 132 valence electrons. The largest absolute Gasteiger partial charge is 0.503 e. The Morgan fingerprint density at radius 2 is 1.19 bits per heavy atom. The number of para-hydroxylation sites is 3. The Morgan fingerprint density at radius 3 is 1.69 bits per heavy atom. The van der Waals surface area contributed by atoms with Crippen molar-refractivity contribution in [2.24, 2.45) is 0 Å². The second-order valence-electron chi connectivity index (χ2n) is 5.31. The fourth-order valence-electron chi connectivity index (χ4n) is 2.31. The molecule has 3 aromatic carbocycles. The van der Waals surface area contributed by atoms with E-state index in [4.69, 9.17) is 13.8 Å². The number of benzene rings is 3. The molecule has 0 saturated carbocycles. The van der Waals surface area contributed by atoms with Gasteiger partial charge in [-0.3, -0.25) is 4.79 Å². The van der Waals surface area contributed by atoms with Crippen molar-refractivity contribution in [3.05, 3.63) is 90.5 Å². The third kappa shape index (κ3) is 3.95. The van der Waals surface area contributed by atoms with Gasteiger partial charge in [0.1, 0.15) is 17.2 Å². The molecule has 0 fully saturated rings. The molecular formula is C20H17O5P. The number of methoxy groups -OCH3 is 1. The highest BCUT2D eigenvalue weighted by Gasteiger charge is 2.41. The number of hydrogen-bond donors (Lipinski definition) is 0. The molecule has 0 aliphatic heterocycles. The highest BCUT2D eigenvalue weighted by molar-refractivity contribution is 7.73. The summed E-state index contributed by atoms with van der Waals surface area (Å²) in [5.41, 5.74) is -0.646. The molecule has 0 aliphatic carbocycles. The lowest BCUT2D eigenvalue weighted by Gasteiger charge is -2.19. The van der Waals surface area contributed by atoms with Crippen LogP contribution < -0.4 is 13.8 Å². The summed E-state index contributed by atoms with van der Waals surface area (Å²) in [5, 5.41) is 0. The fourth-order valence-corrected chi connectivity index (χ4v) is 3.79. The summed E-state index contributed by atoms with van der Waals surface area (Å²) in [4.78, 5) is 13.1. The normalized spacial score (nSPS) is 10.8. The number of ether oxygens (including phenoxy) is 1. The standard InChI is InChI=1S/C20H17O5P/c1-23-19-15-9-8-14-18(19)20(21)26(22,24-16-10-4-2-5-11-16)25-17-12-6-3-7-13-17/h2-15H,1H3. The highest BCUT2D eigenvalue weighted by Crippen LogP contribution is 2.52. The summed E-state index contributed by atoms with van der Waals surface area (Å²) in [7, 11) is -2.80. The van der Waals surface area contributed by atoms with E-state index in [2.05, 4.69) is 0 Å². The second-order valence-corrected chi connectivity index (χ2v) is 7.08. The molecule has 3 aromatic rings. The van der Waals surface area contributed by atoms with Crippen LogP contribution in [0, 0.1) is 0 Å². The van der Waals surface area contributed by atoms with E-state index in [1.165, 1.54) is 13.2 Å². The molecule has 0 unspecified atom stereocenters. The highest BCUT2D eigenvalue weighted by atomic mass is 31.2. The molecule has 0 heterocycles. The van der Waals surface area contributed by atoms with Gasteiger partial charge in [-0.05, 0) is 36.4 Å². The summed E-state index contributed by atoms with van der Waals surface area (Å²) in [6, 6.07) is 23.4. The molecule has 3 rings (SSSR count). The van der Waals surface area contributed by atoms with Crippen molar-refractivity contribution in [3.63, 3.8) is 0 Å². The summed E-state index contributed by atoms with van der Waals surface area (Å²) in [5.74, 6) is 0.844. The first-order valence-electron chi connectivity index (χ1n) is 7.89. The molecule has 0 aliphatic rings. The predicted octanol–water partition coefficient (Wildman–Crippen LogP) is 5.19. The fraction of sp³-hybridized carbons (Fsp3) is 0.0500. The first kappa shape index (κ1) is 17.8. The Bertz CT molecular complexity index is 880. The van der Waals surface area contributed by atoms with Gasteiger partial charge in [0.2, 0.25) is 0 Å². The van der Waals surface area contributed by atoms with Crippen LogP contribution in [0.2, 0.25) is 0 Å². The maximum absolute atomic E-state index is 13.5. The molecule has 5 nitrogen and oxygen atoms in total. The molecule has 0 saturated heterocycles. The number of carbonyl (C=O) groups excluding carboxylic acids is 1. The van der Waals surface area contributed by atoms with E-state index in [9.17, 15) is 9.36 Å². The minimum Gasteiger partial charge on any atom is -0.496 e. The van der Waals surface area contributed by atoms with Gasteiger partial charge in [0.15, 0.2) is 0 Å². The van der Waals surface area contributed by atoms with Crippen LogP contribution in [0.1, 0.15) is 10.4 Å². The summed E-state index contributed by atoms with van der Waals surface area (Å²) in [6.07, 6.45) is 0. The predicted molar refractivity (Wildman–Crippen MR) is 99.1 cm³/mol. The van der Waals surface area contributed by atoms with Gasteiger partial charge >= 0.3 is 13.1 Å². The van der Waals surface area contributed by atoms with Gasteiger partial charge in [-0.25, -0.2) is 4.57 Å². The van der Waals surface area contributed by atoms with Crippen molar-refractivity contribution in [2.75, 3.05) is 7.11 Å². The van der Waals surface area contributed by atoms with Gasteiger partial charge in [-0.15, -0.1) is 0 Å². The van der Waals surface area contributed by atoms with Gasteiger partial charge in [0.25, 0.3) is 0 Å². The van der Waals surface area contributed by atoms with E-state index in [1.54, 1.807) is 78.9 Å². The Labute approximate surface area is 151 Å². The van der Waals surface area contributed by atoms with Crippen LogP contribution in [0.25, 0.3) is 0 Å². The topological polar surface area (TPSA) is 61.8 Å². The second kappa shape index (κ2) is 7.89. The maximum atomic E-state index is 13.5. The number of rotatable bonds is 7. The zero-order valence-electron chi connectivity index (χ0n) is 14.1. The van der Waals surface area contributed by atoms with Crippen LogP contribution in [-0.4, -0.2) is 12.6 Å². The molecule has 0 amide bonds. The average molecular weight is 368 g/mol.